The maximum Gasteiger partial charge on any atom is 0.289 e. The fourth-order valence-electron chi connectivity index (χ4n) is 2.15. The summed E-state index contributed by atoms with van der Waals surface area (Å²) in [5, 5.41) is 60.3. The van der Waals surface area contributed by atoms with Gasteiger partial charge in [0, 0.05) is 6.07 Å². The number of ether oxygens (including phenoxy) is 1. The number of aliphatic hydroxyl groups is 4. The van der Waals surface area contributed by atoms with Crippen molar-refractivity contribution in [2.24, 2.45) is 0 Å². The van der Waals surface area contributed by atoms with Crippen LogP contribution in [0.3, 0.4) is 0 Å². The molecule has 24 heavy (non-hydrogen) atoms. The zero-order chi connectivity index (χ0) is 18.0. The largest absolute Gasteiger partial charge is 0.394 e. The number of hydrogen-bond donors (Lipinski definition) is 4. The Kier molecular flexibility index (Phi) is 5.69. The van der Waals surface area contributed by atoms with Crippen LogP contribution in [0.5, 0.6) is 0 Å². The molecular formula is C12H14N2O9S. The van der Waals surface area contributed by atoms with E-state index in [0.29, 0.717) is 11.8 Å². The van der Waals surface area contributed by atoms with E-state index in [2.05, 4.69) is 0 Å². The van der Waals surface area contributed by atoms with Crippen molar-refractivity contribution in [3.63, 3.8) is 0 Å². The molecule has 1 aliphatic rings. The van der Waals surface area contributed by atoms with Crippen LogP contribution >= 0.6 is 11.8 Å². The van der Waals surface area contributed by atoms with Crippen LogP contribution in [0.25, 0.3) is 0 Å². The third kappa shape index (κ3) is 3.63. The summed E-state index contributed by atoms with van der Waals surface area (Å²) in [5.74, 6) is 0. The van der Waals surface area contributed by atoms with Gasteiger partial charge in [-0.25, -0.2) is 0 Å². The molecule has 5 atom stereocenters. The number of hydrogen-bond acceptors (Lipinski definition) is 10. The van der Waals surface area contributed by atoms with Gasteiger partial charge in [-0.15, -0.1) is 0 Å². The number of nitrogens with zero attached hydrogens (tertiary/aromatic N) is 2. The van der Waals surface area contributed by atoms with E-state index < -0.39 is 57.7 Å². The van der Waals surface area contributed by atoms with Crippen LogP contribution < -0.4 is 0 Å². The predicted molar refractivity (Wildman–Crippen MR) is 79.4 cm³/mol. The van der Waals surface area contributed by atoms with Gasteiger partial charge in [-0.05, 0) is 6.07 Å². The van der Waals surface area contributed by atoms with E-state index in [0.717, 1.165) is 18.2 Å². The molecule has 4 N–H and O–H groups in total. The molecule has 1 aliphatic heterocycles. The van der Waals surface area contributed by atoms with Crippen LogP contribution in [0.4, 0.5) is 11.4 Å². The number of rotatable bonds is 5. The van der Waals surface area contributed by atoms with Crippen molar-refractivity contribution in [1.82, 2.24) is 0 Å². The van der Waals surface area contributed by atoms with Gasteiger partial charge in [-0.2, -0.15) is 0 Å². The summed E-state index contributed by atoms with van der Waals surface area (Å²) in [6.07, 6.45) is -5.90. The van der Waals surface area contributed by atoms with Gasteiger partial charge < -0.3 is 25.2 Å². The minimum absolute atomic E-state index is 0.0325. The van der Waals surface area contributed by atoms with Crippen molar-refractivity contribution in [1.29, 1.82) is 0 Å². The Balaban J connectivity index is 2.29. The van der Waals surface area contributed by atoms with Gasteiger partial charge >= 0.3 is 0 Å². The summed E-state index contributed by atoms with van der Waals surface area (Å²) in [6, 6.07) is 2.95. The highest BCUT2D eigenvalue weighted by Crippen LogP contribution is 2.39. The molecule has 0 unspecified atom stereocenters. The molecule has 12 heteroatoms. The number of nitro benzene ring substituents is 2. The molecule has 11 nitrogen and oxygen atoms in total. The Morgan fingerprint density at radius 1 is 1.08 bits per heavy atom. The highest BCUT2D eigenvalue weighted by atomic mass is 32.2. The van der Waals surface area contributed by atoms with E-state index in [9.17, 15) is 35.5 Å². The minimum atomic E-state index is -1.62. The molecule has 2 rings (SSSR count). The first-order chi connectivity index (χ1) is 11.3. The average Bonchev–Trinajstić information content (AvgIpc) is 2.55. The van der Waals surface area contributed by atoms with Gasteiger partial charge in [0.25, 0.3) is 11.4 Å². The zero-order valence-corrected chi connectivity index (χ0v) is 12.8. The molecule has 132 valence electrons. The Morgan fingerprint density at radius 3 is 2.29 bits per heavy atom. The van der Waals surface area contributed by atoms with Crippen LogP contribution in [0, 0.1) is 20.2 Å². The van der Waals surface area contributed by atoms with Crippen molar-refractivity contribution in [3.05, 3.63) is 38.4 Å². The minimum Gasteiger partial charge on any atom is -0.394 e. The second-order valence-corrected chi connectivity index (χ2v) is 6.12. The Hall–Kier alpha value is -1.83. The summed E-state index contributed by atoms with van der Waals surface area (Å²) in [4.78, 5) is 20.2. The van der Waals surface area contributed by atoms with Gasteiger partial charge in [0.15, 0.2) is 0 Å². The lowest BCUT2D eigenvalue weighted by Gasteiger charge is -2.39. The Bertz CT molecular complexity index is 641. The normalized spacial score (nSPS) is 30.1. The number of thioether (sulfide) groups is 1. The lowest BCUT2D eigenvalue weighted by molar-refractivity contribution is -0.396. The first-order valence-electron chi connectivity index (χ1n) is 6.66. The van der Waals surface area contributed by atoms with Crippen molar-refractivity contribution in [2.75, 3.05) is 6.61 Å². The van der Waals surface area contributed by atoms with Crippen molar-refractivity contribution in [2.45, 2.75) is 34.7 Å². The van der Waals surface area contributed by atoms with E-state index in [1.165, 1.54) is 0 Å². The molecule has 0 aromatic heterocycles. The smallest absolute Gasteiger partial charge is 0.289 e. The lowest BCUT2D eigenvalue weighted by Crippen LogP contribution is -2.57. The first-order valence-corrected chi connectivity index (χ1v) is 7.54. The second kappa shape index (κ2) is 7.38. The number of nitro groups is 2. The number of non-ortho nitro benzene ring substituents is 1. The standard InChI is InChI=1S/C12H14N2O9S/c15-4-7-9(16)10(17)11(18)12(23-7)24-8-2-1-5(13(19)20)3-6(8)14(21)22/h1-3,7,9-12,15-18H,4H2/t7-,9+,10+,11-,12-/m0/s1. The molecule has 0 saturated carbocycles. The summed E-state index contributed by atoms with van der Waals surface area (Å²) >= 11 is 0.654. The van der Waals surface area contributed by atoms with E-state index in [4.69, 9.17) is 9.84 Å². The van der Waals surface area contributed by atoms with E-state index >= 15 is 0 Å². The third-order valence-electron chi connectivity index (χ3n) is 3.44. The topological polar surface area (TPSA) is 176 Å². The molecule has 1 heterocycles. The molecule has 1 aromatic rings. The van der Waals surface area contributed by atoms with E-state index in [1.54, 1.807) is 0 Å². The van der Waals surface area contributed by atoms with E-state index in [-0.39, 0.29) is 4.90 Å². The highest BCUT2D eigenvalue weighted by Gasteiger charge is 2.44. The van der Waals surface area contributed by atoms with E-state index in [1.807, 2.05) is 0 Å². The maximum atomic E-state index is 11.1. The molecule has 1 fully saturated rings. The summed E-state index contributed by atoms with van der Waals surface area (Å²) < 4.78 is 5.24. The highest BCUT2D eigenvalue weighted by molar-refractivity contribution is 8.00. The Labute approximate surface area is 138 Å². The molecule has 0 spiro atoms. The van der Waals surface area contributed by atoms with Gasteiger partial charge in [0.2, 0.25) is 0 Å². The lowest BCUT2D eigenvalue weighted by atomic mass is 10.0. The fraction of sp³-hybridized carbons (Fsp3) is 0.500. The molecular weight excluding hydrogens is 348 g/mol. The van der Waals surface area contributed by atoms with Crippen molar-refractivity contribution < 1.29 is 35.0 Å². The summed E-state index contributed by atoms with van der Waals surface area (Å²) in [7, 11) is 0. The molecule has 0 bridgehead atoms. The molecule has 0 radical (unpaired) electrons. The molecule has 0 aliphatic carbocycles. The average molecular weight is 362 g/mol. The van der Waals surface area contributed by atoms with Crippen LogP contribution in [-0.2, 0) is 4.74 Å². The van der Waals surface area contributed by atoms with Crippen LogP contribution in [0.15, 0.2) is 23.1 Å². The predicted octanol–water partition coefficient (Wildman–Crippen LogP) is -0.605. The SMILES string of the molecule is O=[N+]([O-])c1ccc(S[C@@H]2O[C@@H](CO)[C@@H](O)[C@@H](O)[C@@H]2O)c([N+](=O)[O-])c1. The Morgan fingerprint density at radius 2 is 1.75 bits per heavy atom. The zero-order valence-electron chi connectivity index (χ0n) is 12.0. The molecule has 0 amide bonds. The van der Waals surface area contributed by atoms with Gasteiger partial charge in [-0.1, -0.05) is 11.8 Å². The third-order valence-corrected chi connectivity index (χ3v) is 4.66. The van der Waals surface area contributed by atoms with Gasteiger partial charge in [-0.3, -0.25) is 20.2 Å². The molecule has 1 aromatic carbocycles. The van der Waals surface area contributed by atoms with Crippen molar-refractivity contribution >= 4 is 23.1 Å². The monoisotopic (exact) mass is 362 g/mol. The van der Waals surface area contributed by atoms with Gasteiger partial charge in [0.1, 0.15) is 29.9 Å². The summed E-state index contributed by atoms with van der Waals surface area (Å²) in [6.45, 7) is -0.635. The number of aliphatic hydroxyl groups excluding tert-OH is 4. The second-order valence-electron chi connectivity index (χ2n) is 4.98. The first kappa shape index (κ1) is 18.5. The van der Waals surface area contributed by atoms with Crippen LogP contribution in [0.1, 0.15) is 0 Å². The molecule has 1 saturated heterocycles. The number of benzene rings is 1. The summed E-state index contributed by atoms with van der Waals surface area (Å²) in [5.41, 5.74) is -2.26. The van der Waals surface area contributed by atoms with Crippen molar-refractivity contribution in [3.8, 4) is 0 Å². The maximum absolute atomic E-state index is 11.1. The van der Waals surface area contributed by atoms with Crippen LogP contribution in [0.2, 0.25) is 0 Å². The fourth-order valence-corrected chi connectivity index (χ4v) is 3.30. The quantitative estimate of drug-likeness (QED) is 0.390. The van der Waals surface area contributed by atoms with Gasteiger partial charge in [0.05, 0.1) is 27.4 Å². The van der Waals surface area contributed by atoms with Crippen LogP contribution in [-0.4, -0.2) is 66.7 Å².